The minimum atomic E-state index is -0.165. The predicted molar refractivity (Wildman–Crippen MR) is 90.3 cm³/mol. The summed E-state index contributed by atoms with van der Waals surface area (Å²) in [7, 11) is 3.92. The van der Waals surface area contributed by atoms with Crippen molar-refractivity contribution in [2.45, 2.75) is 12.5 Å². The zero-order valence-corrected chi connectivity index (χ0v) is 12.9. The Balaban J connectivity index is 1.93. The maximum atomic E-state index is 13.0. The van der Waals surface area contributed by atoms with Crippen molar-refractivity contribution in [2.75, 3.05) is 14.1 Å². The largest absolute Gasteiger partial charge is 0.360 e. The Morgan fingerprint density at radius 2 is 1.73 bits per heavy atom. The van der Waals surface area contributed by atoms with Crippen LogP contribution in [0, 0.1) is 0 Å². The number of ketones is 1. The summed E-state index contributed by atoms with van der Waals surface area (Å²) in [5, 5.41) is 0.993. The van der Waals surface area contributed by atoms with Crippen LogP contribution in [0.4, 0.5) is 0 Å². The van der Waals surface area contributed by atoms with Crippen LogP contribution in [-0.4, -0.2) is 35.8 Å². The van der Waals surface area contributed by atoms with E-state index >= 15 is 0 Å². The zero-order valence-electron chi connectivity index (χ0n) is 12.9. The fourth-order valence-corrected chi connectivity index (χ4v) is 2.80. The van der Waals surface area contributed by atoms with E-state index in [0.29, 0.717) is 6.42 Å². The number of H-pyrrole nitrogens is 1. The second-order valence-electron chi connectivity index (χ2n) is 5.78. The molecule has 2 aromatic carbocycles. The highest BCUT2D eigenvalue weighted by molar-refractivity contribution is 6.10. The van der Waals surface area contributed by atoms with E-state index in [1.165, 1.54) is 5.56 Å². The molecule has 3 nitrogen and oxygen atoms in total. The molecule has 22 heavy (non-hydrogen) atoms. The minimum Gasteiger partial charge on any atom is -0.360 e. The summed E-state index contributed by atoms with van der Waals surface area (Å²) in [6.45, 7) is 0. The van der Waals surface area contributed by atoms with Crippen LogP contribution < -0.4 is 0 Å². The number of hydrogen-bond donors (Lipinski definition) is 1. The maximum Gasteiger partial charge on any atom is 0.182 e. The van der Waals surface area contributed by atoms with Gasteiger partial charge >= 0.3 is 0 Å². The standard InChI is InChI=1S/C19H20N2O/c1-21(2)18(12-14-8-4-3-5-9-14)19(22)16-13-20-17-11-7-6-10-15(16)17/h3-11,13,18,20H,12H2,1-2H3/t18-/m0/s1. The van der Waals surface area contributed by atoms with E-state index in [1.807, 2.05) is 67.7 Å². The third-order valence-corrected chi connectivity index (χ3v) is 4.05. The van der Waals surface area contributed by atoms with Crippen LogP contribution in [-0.2, 0) is 6.42 Å². The molecule has 0 fully saturated rings. The number of benzene rings is 2. The van der Waals surface area contributed by atoms with Gasteiger partial charge in [-0.05, 0) is 32.1 Å². The fourth-order valence-electron chi connectivity index (χ4n) is 2.80. The Hall–Kier alpha value is -2.39. The lowest BCUT2D eigenvalue weighted by atomic mass is 9.96. The van der Waals surface area contributed by atoms with Crippen LogP contribution in [0.5, 0.6) is 0 Å². The number of para-hydroxylation sites is 1. The highest BCUT2D eigenvalue weighted by atomic mass is 16.1. The van der Waals surface area contributed by atoms with Gasteiger partial charge in [0.05, 0.1) is 6.04 Å². The summed E-state index contributed by atoms with van der Waals surface area (Å²) in [4.78, 5) is 18.2. The van der Waals surface area contributed by atoms with E-state index in [-0.39, 0.29) is 11.8 Å². The minimum absolute atomic E-state index is 0.159. The van der Waals surface area contributed by atoms with Crippen molar-refractivity contribution in [1.82, 2.24) is 9.88 Å². The summed E-state index contributed by atoms with van der Waals surface area (Å²) >= 11 is 0. The van der Waals surface area contributed by atoms with Crippen LogP contribution in [0.2, 0.25) is 0 Å². The monoisotopic (exact) mass is 292 g/mol. The van der Waals surface area contributed by atoms with Gasteiger partial charge in [-0.3, -0.25) is 9.69 Å². The number of nitrogens with zero attached hydrogens (tertiary/aromatic N) is 1. The molecule has 3 heteroatoms. The number of fused-ring (bicyclic) bond motifs is 1. The summed E-state index contributed by atoms with van der Waals surface area (Å²) < 4.78 is 0. The predicted octanol–water partition coefficient (Wildman–Crippen LogP) is 3.52. The van der Waals surface area contributed by atoms with E-state index in [1.54, 1.807) is 0 Å². The molecule has 1 N–H and O–H groups in total. The highest BCUT2D eigenvalue weighted by Gasteiger charge is 2.24. The van der Waals surface area contributed by atoms with Gasteiger partial charge in [0.25, 0.3) is 0 Å². The summed E-state index contributed by atoms with van der Waals surface area (Å²) in [5.41, 5.74) is 2.95. The smallest absolute Gasteiger partial charge is 0.182 e. The molecule has 0 spiro atoms. The average Bonchev–Trinajstić information content (AvgIpc) is 2.97. The van der Waals surface area contributed by atoms with Gasteiger partial charge < -0.3 is 4.98 Å². The first-order chi connectivity index (χ1) is 10.7. The third-order valence-electron chi connectivity index (χ3n) is 4.05. The van der Waals surface area contributed by atoms with E-state index in [0.717, 1.165) is 16.5 Å². The van der Waals surface area contributed by atoms with E-state index in [2.05, 4.69) is 17.1 Å². The Morgan fingerprint density at radius 1 is 1.05 bits per heavy atom. The van der Waals surface area contributed by atoms with Crippen molar-refractivity contribution < 1.29 is 4.79 Å². The summed E-state index contributed by atoms with van der Waals surface area (Å²) in [6.07, 6.45) is 2.54. The Labute approximate surface area is 130 Å². The lowest BCUT2D eigenvalue weighted by molar-refractivity contribution is 0.0877. The van der Waals surface area contributed by atoms with Crippen LogP contribution in [0.3, 0.4) is 0 Å². The quantitative estimate of drug-likeness (QED) is 0.730. The molecule has 0 saturated carbocycles. The average molecular weight is 292 g/mol. The van der Waals surface area contributed by atoms with Crippen LogP contribution in [0.25, 0.3) is 10.9 Å². The molecule has 0 aliphatic heterocycles. The highest BCUT2D eigenvalue weighted by Crippen LogP contribution is 2.21. The Bertz CT molecular complexity index is 774. The molecular weight excluding hydrogens is 272 g/mol. The van der Waals surface area contributed by atoms with Crippen molar-refractivity contribution >= 4 is 16.7 Å². The molecule has 112 valence electrons. The molecule has 1 aromatic heterocycles. The van der Waals surface area contributed by atoms with Crippen molar-refractivity contribution in [2.24, 2.45) is 0 Å². The number of aromatic amines is 1. The van der Waals surface area contributed by atoms with Gasteiger partial charge in [-0.15, -0.1) is 0 Å². The number of carbonyl (C=O) groups is 1. The van der Waals surface area contributed by atoms with Gasteiger partial charge in [-0.1, -0.05) is 48.5 Å². The second-order valence-corrected chi connectivity index (χ2v) is 5.78. The first kappa shape index (κ1) is 14.5. The van der Waals surface area contributed by atoms with Crippen LogP contribution >= 0.6 is 0 Å². The molecule has 0 aliphatic carbocycles. The molecule has 0 unspecified atom stereocenters. The topological polar surface area (TPSA) is 36.1 Å². The number of aromatic nitrogens is 1. The van der Waals surface area contributed by atoms with Gasteiger partial charge in [0.15, 0.2) is 5.78 Å². The van der Waals surface area contributed by atoms with E-state index < -0.39 is 0 Å². The molecule has 0 aliphatic rings. The lowest BCUT2D eigenvalue weighted by Gasteiger charge is -2.23. The third kappa shape index (κ3) is 2.81. The maximum absolute atomic E-state index is 13.0. The number of carbonyl (C=O) groups excluding carboxylic acids is 1. The molecule has 0 amide bonds. The number of likely N-dealkylation sites (N-methyl/N-ethyl adjacent to an activating group) is 1. The van der Waals surface area contributed by atoms with Crippen molar-refractivity contribution in [1.29, 1.82) is 0 Å². The molecule has 3 rings (SSSR count). The van der Waals surface area contributed by atoms with Gasteiger partial charge in [0, 0.05) is 22.7 Å². The number of nitrogens with one attached hydrogen (secondary N) is 1. The van der Waals surface area contributed by atoms with Crippen molar-refractivity contribution in [3.05, 3.63) is 71.9 Å². The summed E-state index contributed by atoms with van der Waals surface area (Å²) in [5.74, 6) is 0.159. The van der Waals surface area contributed by atoms with Crippen molar-refractivity contribution in [3.63, 3.8) is 0 Å². The Kier molecular flexibility index (Phi) is 4.07. The SMILES string of the molecule is CN(C)[C@@H](Cc1ccccc1)C(=O)c1c[nH]c2ccccc12. The lowest BCUT2D eigenvalue weighted by Crippen LogP contribution is -2.37. The van der Waals surface area contributed by atoms with Gasteiger partial charge in [0.1, 0.15) is 0 Å². The zero-order chi connectivity index (χ0) is 15.5. The number of hydrogen-bond acceptors (Lipinski definition) is 2. The van der Waals surface area contributed by atoms with E-state index in [9.17, 15) is 4.79 Å². The Morgan fingerprint density at radius 3 is 2.45 bits per heavy atom. The summed E-state index contributed by atoms with van der Waals surface area (Å²) in [6, 6.07) is 17.9. The van der Waals surface area contributed by atoms with Gasteiger partial charge in [0.2, 0.25) is 0 Å². The molecule has 0 radical (unpaired) electrons. The van der Waals surface area contributed by atoms with E-state index in [4.69, 9.17) is 0 Å². The normalized spacial score (nSPS) is 12.7. The van der Waals surface area contributed by atoms with Gasteiger partial charge in [-0.25, -0.2) is 0 Å². The second kappa shape index (κ2) is 6.16. The van der Waals surface area contributed by atoms with Crippen molar-refractivity contribution in [3.8, 4) is 0 Å². The molecule has 1 heterocycles. The van der Waals surface area contributed by atoms with Gasteiger partial charge in [-0.2, -0.15) is 0 Å². The number of Topliss-reactive ketones (excluding diaryl/α,β-unsaturated/α-hetero) is 1. The first-order valence-electron chi connectivity index (χ1n) is 7.47. The molecule has 0 bridgehead atoms. The molecule has 1 atom stereocenters. The fraction of sp³-hybridized carbons (Fsp3) is 0.211. The number of rotatable bonds is 5. The molecule has 3 aromatic rings. The molecular formula is C19H20N2O. The molecule has 0 saturated heterocycles. The first-order valence-corrected chi connectivity index (χ1v) is 7.47. The van der Waals surface area contributed by atoms with Crippen LogP contribution in [0.1, 0.15) is 15.9 Å². The van der Waals surface area contributed by atoms with Crippen LogP contribution in [0.15, 0.2) is 60.8 Å².